The van der Waals surface area contributed by atoms with Crippen LogP contribution in [-0.2, 0) is 18.8 Å². The van der Waals surface area contributed by atoms with Crippen molar-refractivity contribution in [1.82, 2.24) is 15.3 Å². The highest BCUT2D eigenvalue weighted by Gasteiger charge is 2.19. The summed E-state index contributed by atoms with van der Waals surface area (Å²) in [6, 6.07) is 0. The van der Waals surface area contributed by atoms with E-state index in [2.05, 4.69) is 22.2 Å². The smallest absolute Gasteiger partial charge is 0.138 e. The maximum absolute atomic E-state index is 4.68. The molecule has 0 aromatic carbocycles. The van der Waals surface area contributed by atoms with Gasteiger partial charge >= 0.3 is 0 Å². The number of nitrogens with one attached hydrogen (secondary N) is 1. The van der Waals surface area contributed by atoms with E-state index >= 15 is 0 Å². The molecule has 0 amide bonds. The third kappa shape index (κ3) is 2.47. The van der Waals surface area contributed by atoms with Crippen molar-refractivity contribution in [2.75, 3.05) is 0 Å². The van der Waals surface area contributed by atoms with Crippen molar-refractivity contribution in [3.05, 3.63) is 22.8 Å². The normalized spacial score (nSPS) is 19.8. The summed E-state index contributed by atoms with van der Waals surface area (Å²) in [4.78, 5) is 9.31. The van der Waals surface area contributed by atoms with Gasteiger partial charge in [0.05, 0.1) is 11.4 Å². The molecule has 4 heteroatoms. The van der Waals surface area contributed by atoms with Crippen molar-refractivity contribution in [2.45, 2.75) is 56.7 Å². The number of aromatic nitrogens is 2. The summed E-state index contributed by atoms with van der Waals surface area (Å²) < 4.78 is 0. The van der Waals surface area contributed by atoms with Gasteiger partial charge in [0.25, 0.3) is 0 Å². The Balaban J connectivity index is 1.68. The molecule has 0 spiro atoms. The van der Waals surface area contributed by atoms with Crippen molar-refractivity contribution in [1.29, 1.82) is 0 Å². The van der Waals surface area contributed by atoms with Crippen molar-refractivity contribution < 1.29 is 0 Å². The fraction of sp³-hybridized carbons (Fsp3) is 0.692. The van der Waals surface area contributed by atoms with Crippen LogP contribution >= 0.6 is 11.8 Å². The number of rotatable bonds is 3. The summed E-state index contributed by atoms with van der Waals surface area (Å²) in [6.07, 6.45) is 5.59. The molecule has 0 unspecified atom stereocenters. The minimum Gasteiger partial charge on any atom is -0.307 e. The molecule has 1 saturated carbocycles. The molecule has 92 valence electrons. The number of aryl methyl sites for hydroxylation is 1. The van der Waals surface area contributed by atoms with Crippen LogP contribution in [0.5, 0.6) is 0 Å². The summed E-state index contributed by atoms with van der Waals surface area (Å²) in [7, 11) is 0. The Morgan fingerprint density at radius 3 is 2.88 bits per heavy atom. The Hall–Kier alpha value is -0.610. The van der Waals surface area contributed by atoms with Gasteiger partial charge in [-0.15, -0.1) is 0 Å². The Bertz CT molecular complexity index is 413. The standard InChI is InChI=1S/C13H19N3S/c1-9-11-6-14-7-12(11)16-13(15-9)8-17-10-4-2-3-5-10/h10,14H,2-8H2,1H3. The first-order valence-corrected chi connectivity index (χ1v) is 7.55. The Labute approximate surface area is 107 Å². The summed E-state index contributed by atoms with van der Waals surface area (Å²) in [6.45, 7) is 3.97. The third-order valence-corrected chi connectivity index (χ3v) is 5.06. The van der Waals surface area contributed by atoms with Crippen LogP contribution in [-0.4, -0.2) is 15.2 Å². The maximum atomic E-state index is 4.68. The highest BCUT2D eigenvalue weighted by Crippen LogP contribution is 2.31. The number of fused-ring (bicyclic) bond motifs is 1. The van der Waals surface area contributed by atoms with Gasteiger partial charge in [-0.05, 0) is 19.8 Å². The molecular weight excluding hydrogens is 230 g/mol. The lowest BCUT2D eigenvalue weighted by Crippen LogP contribution is -2.04. The van der Waals surface area contributed by atoms with Gasteiger partial charge < -0.3 is 5.32 Å². The molecule has 1 N–H and O–H groups in total. The summed E-state index contributed by atoms with van der Waals surface area (Å²) in [5.74, 6) is 2.01. The predicted octanol–water partition coefficient (Wildman–Crippen LogP) is 2.56. The van der Waals surface area contributed by atoms with Gasteiger partial charge in [0, 0.05) is 29.6 Å². The van der Waals surface area contributed by atoms with Gasteiger partial charge in [0.1, 0.15) is 5.82 Å². The van der Waals surface area contributed by atoms with Gasteiger partial charge in [0.15, 0.2) is 0 Å². The first-order valence-electron chi connectivity index (χ1n) is 6.50. The zero-order valence-electron chi connectivity index (χ0n) is 10.3. The molecule has 1 fully saturated rings. The van der Waals surface area contributed by atoms with Crippen LogP contribution in [0.4, 0.5) is 0 Å². The Morgan fingerprint density at radius 1 is 1.24 bits per heavy atom. The summed E-state index contributed by atoms with van der Waals surface area (Å²) in [5, 5.41) is 4.20. The first kappa shape index (κ1) is 11.5. The SMILES string of the molecule is Cc1nc(CSC2CCCC2)nc2c1CNC2. The van der Waals surface area contributed by atoms with Gasteiger partial charge in [-0.3, -0.25) is 0 Å². The highest BCUT2D eigenvalue weighted by molar-refractivity contribution is 7.99. The number of thioether (sulfide) groups is 1. The van der Waals surface area contributed by atoms with E-state index in [1.165, 1.54) is 42.6 Å². The minimum absolute atomic E-state index is 0.852. The second-order valence-corrected chi connectivity index (χ2v) is 6.26. The predicted molar refractivity (Wildman–Crippen MR) is 70.9 cm³/mol. The van der Waals surface area contributed by atoms with E-state index in [1.807, 2.05) is 11.8 Å². The molecule has 1 aliphatic heterocycles. The average molecular weight is 249 g/mol. The molecule has 3 rings (SSSR count). The van der Waals surface area contributed by atoms with Crippen LogP contribution in [0.2, 0.25) is 0 Å². The zero-order chi connectivity index (χ0) is 11.7. The number of nitrogens with zero attached hydrogens (tertiary/aromatic N) is 2. The second-order valence-electron chi connectivity index (χ2n) is 4.97. The molecule has 17 heavy (non-hydrogen) atoms. The Kier molecular flexibility index (Phi) is 3.34. The molecule has 0 atom stereocenters. The van der Waals surface area contributed by atoms with E-state index in [0.717, 1.165) is 29.9 Å². The molecule has 1 aliphatic carbocycles. The van der Waals surface area contributed by atoms with Gasteiger partial charge in [-0.25, -0.2) is 9.97 Å². The molecular formula is C13H19N3S. The monoisotopic (exact) mass is 249 g/mol. The molecule has 1 aromatic heterocycles. The molecule has 0 radical (unpaired) electrons. The first-order chi connectivity index (χ1) is 8.33. The molecule has 0 bridgehead atoms. The lowest BCUT2D eigenvalue weighted by Gasteiger charge is -2.09. The fourth-order valence-corrected chi connectivity index (χ4v) is 3.89. The lowest BCUT2D eigenvalue weighted by atomic mass is 10.2. The van der Waals surface area contributed by atoms with Gasteiger partial charge in [0.2, 0.25) is 0 Å². The van der Waals surface area contributed by atoms with Crippen molar-refractivity contribution in [3.8, 4) is 0 Å². The fourth-order valence-electron chi connectivity index (χ4n) is 2.71. The van der Waals surface area contributed by atoms with Gasteiger partial charge in [-0.2, -0.15) is 11.8 Å². The average Bonchev–Trinajstić information content (AvgIpc) is 2.97. The summed E-state index contributed by atoms with van der Waals surface area (Å²) in [5.41, 5.74) is 3.71. The molecule has 2 aliphatic rings. The maximum Gasteiger partial charge on any atom is 0.138 e. The van der Waals surface area contributed by atoms with Crippen LogP contribution < -0.4 is 5.32 Å². The van der Waals surface area contributed by atoms with E-state index in [1.54, 1.807) is 0 Å². The molecule has 3 nitrogen and oxygen atoms in total. The number of hydrogen-bond acceptors (Lipinski definition) is 4. The van der Waals surface area contributed by atoms with Crippen LogP contribution in [0.15, 0.2) is 0 Å². The third-order valence-electron chi connectivity index (χ3n) is 3.69. The van der Waals surface area contributed by atoms with Crippen molar-refractivity contribution in [3.63, 3.8) is 0 Å². The van der Waals surface area contributed by atoms with E-state index in [0.29, 0.717) is 0 Å². The van der Waals surface area contributed by atoms with Crippen molar-refractivity contribution >= 4 is 11.8 Å². The summed E-state index contributed by atoms with van der Waals surface area (Å²) >= 11 is 2.05. The van der Waals surface area contributed by atoms with Crippen LogP contribution in [0.3, 0.4) is 0 Å². The van der Waals surface area contributed by atoms with E-state index in [-0.39, 0.29) is 0 Å². The van der Waals surface area contributed by atoms with Crippen molar-refractivity contribution in [2.24, 2.45) is 0 Å². The van der Waals surface area contributed by atoms with Crippen LogP contribution in [0.25, 0.3) is 0 Å². The largest absolute Gasteiger partial charge is 0.307 e. The topological polar surface area (TPSA) is 37.8 Å². The lowest BCUT2D eigenvalue weighted by molar-refractivity contribution is 0.756. The second kappa shape index (κ2) is 4.94. The van der Waals surface area contributed by atoms with Crippen LogP contribution in [0.1, 0.15) is 48.5 Å². The number of hydrogen-bond donors (Lipinski definition) is 1. The quantitative estimate of drug-likeness (QED) is 0.893. The minimum atomic E-state index is 0.852. The molecule has 2 heterocycles. The van der Waals surface area contributed by atoms with Crippen LogP contribution in [0, 0.1) is 6.92 Å². The van der Waals surface area contributed by atoms with E-state index in [4.69, 9.17) is 0 Å². The molecule has 0 saturated heterocycles. The Morgan fingerprint density at radius 2 is 2.06 bits per heavy atom. The molecule has 1 aromatic rings. The zero-order valence-corrected chi connectivity index (χ0v) is 11.1. The van der Waals surface area contributed by atoms with Gasteiger partial charge in [-0.1, -0.05) is 12.8 Å². The van der Waals surface area contributed by atoms with E-state index < -0.39 is 0 Å². The highest BCUT2D eigenvalue weighted by atomic mass is 32.2. The van der Waals surface area contributed by atoms with E-state index in [9.17, 15) is 0 Å².